The molecule has 1 fully saturated rings. The third-order valence-electron chi connectivity index (χ3n) is 3.60. The molecule has 0 aliphatic carbocycles. The van der Waals surface area contributed by atoms with Crippen molar-refractivity contribution in [2.45, 2.75) is 25.6 Å². The second-order valence-corrected chi connectivity index (χ2v) is 8.73. The van der Waals surface area contributed by atoms with Gasteiger partial charge >= 0.3 is 6.18 Å². The topological polar surface area (TPSA) is 94.0 Å². The maximum absolute atomic E-state index is 13.0. The maximum atomic E-state index is 13.0. The molecule has 3 heterocycles. The summed E-state index contributed by atoms with van der Waals surface area (Å²) < 4.78 is 62.6. The number of nitrogens with one attached hydrogen (secondary N) is 1. The van der Waals surface area contributed by atoms with Crippen LogP contribution in [0.15, 0.2) is 11.4 Å². The molecule has 25 heavy (non-hydrogen) atoms. The van der Waals surface area contributed by atoms with Crippen LogP contribution >= 0.6 is 11.3 Å². The lowest BCUT2D eigenvalue weighted by Crippen LogP contribution is -2.35. The number of hydrogen-bond donors (Lipinski definition) is 1. The highest BCUT2D eigenvalue weighted by molar-refractivity contribution is 7.91. The molecule has 136 valence electrons. The SMILES string of the molecule is Cc1cc(C(F)(F)F)n(-c2nc(C(=O)N[C@@H]3CCS(=O)(=O)C3)cs2)n1. The van der Waals surface area contributed by atoms with E-state index in [4.69, 9.17) is 0 Å². The molecule has 0 saturated carbocycles. The largest absolute Gasteiger partial charge is 0.433 e. The Kier molecular flexibility index (Phi) is 4.35. The molecule has 0 spiro atoms. The van der Waals surface area contributed by atoms with Crippen LogP contribution in [0.5, 0.6) is 0 Å². The smallest absolute Gasteiger partial charge is 0.347 e. The van der Waals surface area contributed by atoms with Gasteiger partial charge in [-0.1, -0.05) is 0 Å². The molecule has 0 radical (unpaired) electrons. The third-order valence-corrected chi connectivity index (χ3v) is 6.18. The maximum Gasteiger partial charge on any atom is 0.433 e. The lowest BCUT2D eigenvalue weighted by molar-refractivity contribution is -0.142. The summed E-state index contributed by atoms with van der Waals surface area (Å²) in [6.07, 6.45) is -4.30. The van der Waals surface area contributed by atoms with E-state index >= 15 is 0 Å². The van der Waals surface area contributed by atoms with Crippen molar-refractivity contribution < 1.29 is 26.4 Å². The number of thiazole rings is 1. The predicted molar refractivity (Wildman–Crippen MR) is 83.5 cm³/mol. The summed E-state index contributed by atoms with van der Waals surface area (Å²) in [5.74, 6) is -0.768. The van der Waals surface area contributed by atoms with Gasteiger partial charge in [0.1, 0.15) is 5.69 Å². The van der Waals surface area contributed by atoms with Crippen LogP contribution in [0.25, 0.3) is 5.13 Å². The first kappa shape index (κ1) is 17.9. The minimum absolute atomic E-state index is 0.00175. The highest BCUT2D eigenvalue weighted by Gasteiger charge is 2.37. The van der Waals surface area contributed by atoms with E-state index in [2.05, 4.69) is 15.4 Å². The summed E-state index contributed by atoms with van der Waals surface area (Å²) in [6, 6.07) is 0.380. The summed E-state index contributed by atoms with van der Waals surface area (Å²) in [7, 11) is -3.15. The van der Waals surface area contributed by atoms with Crippen LogP contribution < -0.4 is 5.32 Å². The second-order valence-electron chi connectivity index (χ2n) is 5.67. The summed E-state index contributed by atoms with van der Waals surface area (Å²) in [6.45, 7) is 1.42. The van der Waals surface area contributed by atoms with Crippen molar-refractivity contribution in [3.05, 3.63) is 28.5 Å². The number of rotatable bonds is 3. The summed E-state index contributed by atoms with van der Waals surface area (Å²) in [5.41, 5.74) is -0.886. The predicted octanol–water partition coefficient (Wildman–Crippen LogP) is 1.57. The van der Waals surface area contributed by atoms with Gasteiger partial charge in [0.05, 0.1) is 17.2 Å². The highest BCUT2D eigenvalue weighted by Crippen LogP contribution is 2.32. The standard InChI is InChI=1S/C13H13F3N4O3S2/c1-7-4-10(13(14,15)16)20(19-7)12-18-9(5-24-12)11(21)17-8-2-3-25(22,23)6-8/h4-5,8H,2-3,6H2,1H3,(H,17,21)/t8-/m1/s1. The normalized spacial score (nSPS) is 19.9. The molecular formula is C13H13F3N4O3S2. The highest BCUT2D eigenvalue weighted by atomic mass is 32.2. The Morgan fingerprint density at radius 1 is 1.44 bits per heavy atom. The van der Waals surface area contributed by atoms with E-state index in [0.29, 0.717) is 11.1 Å². The molecule has 0 bridgehead atoms. The van der Waals surface area contributed by atoms with Gasteiger partial charge in [-0.05, 0) is 19.4 Å². The van der Waals surface area contributed by atoms with Crippen molar-refractivity contribution in [1.29, 1.82) is 0 Å². The van der Waals surface area contributed by atoms with Crippen LogP contribution in [0.2, 0.25) is 0 Å². The number of amides is 1. The number of hydrogen-bond acceptors (Lipinski definition) is 6. The van der Waals surface area contributed by atoms with Crippen LogP contribution in [-0.2, 0) is 16.0 Å². The summed E-state index contributed by atoms with van der Waals surface area (Å²) in [5, 5.41) is 7.53. The first-order valence-electron chi connectivity index (χ1n) is 7.16. The first-order valence-corrected chi connectivity index (χ1v) is 9.86. The molecule has 3 rings (SSSR count). The van der Waals surface area contributed by atoms with E-state index in [1.54, 1.807) is 0 Å². The van der Waals surface area contributed by atoms with Crippen molar-refractivity contribution in [2.75, 3.05) is 11.5 Å². The van der Waals surface area contributed by atoms with Crippen LogP contribution in [0, 0.1) is 6.92 Å². The first-order chi connectivity index (χ1) is 11.5. The Morgan fingerprint density at radius 2 is 2.16 bits per heavy atom. The number of alkyl halides is 3. The van der Waals surface area contributed by atoms with Gasteiger partial charge in [-0.3, -0.25) is 4.79 Å². The zero-order valence-corrected chi connectivity index (χ0v) is 14.5. The molecule has 2 aromatic heterocycles. The van der Waals surface area contributed by atoms with Gasteiger partial charge in [0.15, 0.2) is 15.5 Å². The van der Waals surface area contributed by atoms with Crippen molar-refractivity contribution >= 4 is 27.1 Å². The molecule has 1 aliphatic heterocycles. The molecule has 1 atom stereocenters. The van der Waals surface area contributed by atoms with Gasteiger partial charge in [0, 0.05) is 11.4 Å². The number of carbonyl (C=O) groups is 1. The van der Waals surface area contributed by atoms with Crippen molar-refractivity contribution in [1.82, 2.24) is 20.1 Å². The van der Waals surface area contributed by atoms with Crippen LogP contribution in [-0.4, -0.2) is 46.6 Å². The zero-order chi connectivity index (χ0) is 18.4. The Bertz CT molecular complexity index is 917. The number of sulfone groups is 1. The van der Waals surface area contributed by atoms with E-state index in [1.807, 2.05) is 0 Å². The van der Waals surface area contributed by atoms with Gasteiger partial charge in [-0.25, -0.2) is 18.1 Å². The fourth-order valence-electron chi connectivity index (χ4n) is 2.48. The van der Waals surface area contributed by atoms with Gasteiger partial charge in [-0.2, -0.15) is 18.3 Å². The van der Waals surface area contributed by atoms with Crippen molar-refractivity contribution in [2.24, 2.45) is 0 Å². The molecule has 7 nitrogen and oxygen atoms in total. The fraction of sp³-hybridized carbons (Fsp3) is 0.462. The van der Waals surface area contributed by atoms with Gasteiger partial charge < -0.3 is 5.32 Å². The molecule has 0 unspecified atom stereocenters. The van der Waals surface area contributed by atoms with E-state index in [-0.39, 0.29) is 28.0 Å². The van der Waals surface area contributed by atoms with Crippen LogP contribution in [0.1, 0.15) is 28.3 Å². The molecule has 1 N–H and O–H groups in total. The molecule has 1 amide bonds. The van der Waals surface area contributed by atoms with Crippen molar-refractivity contribution in [3.8, 4) is 5.13 Å². The molecule has 12 heteroatoms. The summed E-state index contributed by atoms with van der Waals surface area (Å²) in [4.78, 5) is 16.0. The average Bonchev–Trinajstić information content (AvgIpc) is 3.16. The van der Waals surface area contributed by atoms with Crippen LogP contribution in [0.4, 0.5) is 13.2 Å². The lowest BCUT2D eigenvalue weighted by atomic mass is 10.2. The van der Waals surface area contributed by atoms with E-state index in [9.17, 15) is 26.4 Å². The lowest BCUT2D eigenvalue weighted by Gasteiger charge is -2.09. The number of carbonyl (C=O) groups excluding carboxylic acids is 1. The summed E-state index contributed by atoms with van der Waals surface area (Å²) >= 11 is 0.843. The van der Waals surface area contributed by atoms with Gasteiger partial charge in [0.25, 0.3) is 5.91 Å². The molecular weight excluding hydrogens is 381 g/mol. The third kappa shape index (κ3) is 3.84. The average molecular weight is 394 g/mol. The second kappa shape index (κ2) is 6.09. The van der Waals surface area contributed by atoms with Crippen LogP contribution in [0.3, 0.4) is 0 Å². The monoisotopic (exact) mass is 394 g/mol. The van der Waals surface area contributed by atoms with E-state index < -0.39 is 33.7 Å². The Hall–Kier alpha value is -1.95. The Labute approximate surface area is 144 Å². The molecule has 2 aromatic rings. The fourth-order valence-corrected chi connectivity index (χ4v) is 4.92. The number of aryl methyl sites for hydroxylation is 1. The van der Waals surface area contributed by atoms with Crippen molar-refractivity contribution in [3.63, 3.8) is 0 Å². The zero-order valence-electron chi connectivity index (χ0n) is 12.9. The van der Waals surface area contributed by atoms with E-state index in [0.717, 1.165) is 17.4 Å². The molecule has 0 aromatic carbocycles. The Morgan fingerprint density at radius 3 is 2.76 bits per heavy atom. The van der Waals surface area contributed by atoms with Gasteiger partial charge in [-0.15, -0.1) is 11.3 Å². The number of nitrogens with zero attached hydrogens (tertiary/aromatic N) is 3. The van der Waals surface area contributed by atoms with E-state index in [1.165, 1.54) is 12.3 Å². The number of aromatic nitrogens is 3. The minimum atomic E-state index is -4.60. The number of halogens is 3. The Balaban J connectivity index is 1.80. The molecule has 1 saturated heterocycles. The minimum Gasteiger partial charge on any atom is -0.347 e. The van der Waals surface area contributed by atoms with Gasteiger partial charge in [0.2, 0.25) is 5.13 Å². The molecule has 1 aliphatic rings. The quantitative estimate of drug-likeness (QED) is 0.853.